The van der Waals surface area contributed by atoms with E-state index < -0.39 is 5.54 Å². The number of pyridine rings is 1. The second kappa shape index (κ2) is 6.87. The molecule has 0 bridgehead atoms. The second-order valence-corrected chi connectivity index (χ2v) is 6.89. The zero-order valence-corrected chi connectivity index (χ0v) is 15.7. The van der Waals surface area contributed by atoms with E-state index in [1.807, 2.05) is 65.3 Å². The average Bonchev–Trinajstić information content (AvgIpc) is 3.20. The molecule has 5 rings (SSSR count). The summed E-state index contributed by atoms with van der Waals surface area (Å²) in [5, 5.41) is 8.98. The van der Waals surface area contributed by atoms with Crippen LogP contribution in [0.1, 0.15) is 16.7 Å². The molecule has 0 radical (unpaired) electrons. The number of fused-ring (bicyclic) bond motifs is 1. The molecule has 2 N–H and O–H groups in total. The van der Waals surface area contributed by atoms with Gasteiger partial charge in [-0.25, -0.2) is 9.67 Å². The molecule has 5 heteroatoms. The molecule has 0 aliphatic rings. The van der Waals surface area contributed by atoms with E-state index in [4.69, 9.17) is 5.73 Å². The minimum absolute atomic E-state index is 0.434. The maximum absolute atomic E-state index is 6.03. The van der Waals surface area contributed by atoms with Crippen molar-refractivity contribution < 1.29 is 0 Å². The predicted octanol–water partition coefficient (Wildman–Crippen LogP) is 4.25. The standard InChI is InChI=1S/C24H19N5/c25-22-17-16-21-23(26-22)29(28-27-21)24(18-10-4-1-5-11-18,19-12-6-2-7-13-19)20-14-8-3-9-15-20/h1-17H,(H2,25,26). The summed E-state index contributed by atoms with van der Waals surface area (Å²) < 4.78 is 1.89. The Bertz CT molecular complexity index is 1150. The number of hydrogen-bond acceptors (Lipinski definition) is 4. The summed E-state index contributed by atoms with van der Waals surface area (Å²) in [6.45, 7) is 0. The molecular formula is C24H19N5. The van der Waals surface area contributed by atoms with Crippen LogP contribution in [0.2, 0.25) is 0 Å². The molecule has 140 valence electrons. The van der Waals surface area contributed by atoms with Gasteiger partial charge in [0, 0.05) is 0 Å². The van der Waals surface area contributed by atoms with Gasteiger partial charge in [0.1, 0.15) is 16.9 Å². The Balaban J connectivity index is 1.97. The van der Waals surface area contributed by atoms with Gasteiger partial charge < -0.3 is 5.73 Å². The van der Waals surface area contributed by atoms with Crippen LogP contribution in [0.3, 0.4) is 0 Å². The van der Waals surface area contributed by atoms with Crippen LogP contribution in [-0.2, 0) is 5.54 Å². The Morgan fingerprint density at radius 1 is 0.621 bits per heavy atom. The Hall–Kier alpha value is -3.99. The monoisotopic (exact) mass is 377 g/mol. The molecule has 0 amide bonds. The summed E-state index contributed by atoms with van der Waals surface area (Å²) in [6.07, 6.45) is 0. The van der Waals surface area contributed by atoms with Crippen molar-refractivity contribution >= 4 is 17.0 Å². The highest BCUT2D eigenvalue weighted by molar-refractivity contribution is 5.73. The van der Waals surface area contributed by atoms with Gasteiger partial charge >= 0.3 is 0 Å². The van der Waals surface area contributed by atoms with E-state index >= 15 is 0 Å². The lowest BCUT2D eigenvalue weighted by Gasteiger charge is -2.35. The largest absolute Gasteiger partial charge is 0.384 e. The van der Waals surface area contributed by atoms with Crippen LogP contribution in [0.5, 0.6) is 0 Å². The SMILES string of the molecule is Nc1ccc2nnn(C(c3ccccc3)(c3ccccc3)c3ccccc3)c2n1. The van der Waals surface area contributed by atoms with Gasteiger partial charge in [-0.15, -0.1) is 5.10 Å². The smallest absolute Gasteiger partial charge is 0.182 e. The summed E-state index contributed by atoms with van der Waals surface area (Å²) in [6, 6.07) is 34.5. The van der Waals surface area contributed by atoms with Crippen LogP contribution in [0.4, 0.5) is 5.82 Å². The molecule has 0 spiro atoms. The van der Waals surface area contributed by atoms with Crippen LogP contribution in [0.15, 0.2) is 103 Å². The van der Waals surface area contributed by atoms with Crippen molar-refractivity contribution in [2.75, 3.05) is 5.73 Å². The fourth-order valence-corrected chi connectivity index (χ4v) is 3.96. The third kappa shape index (κ3) is 2.67. The van der Waals surface area contributed by atoms with Crippen molar-refractivity contribution in [1.29, 1.82) is 0 Å². The van der Waals surface area contributed by atoms with Gasteiger partial charge in [-0.3, -0.25) is 0 Å². The van der Waals surface area contributed by atoms with Crippen LogP contribution in [0, 0.1) is 0 Å². The van der Waals surface area contributed by atoms with E-state index in [-0.39, 0.29) is 0 Å². The lowest BCUT2D eigenvalue weighted by molar-refractivity contribution is 0.458. The quantitative estimate of drug-likeness (QED) is 0.476. The maximum atomic E-state index is 6.03. The van der Waals surface area contributed by atoms with Crippen LogP contribution >= 0.6 is 0 Å². The van der Waals surface area contributed by atoms with Gasteiger partial charge in [-0.2, -0.15) is 0 Å². The Kier molecular flexibility index (Phi) is 4.06. The summed E-state index contributed by atoms with van der Waals surface area (Å²) in [7, 11) is 0. The molecule has 2 heterocycles. The average molecular weight is 377 g/mol. The van der Waals surface area contributed by atoms with Gasteiger partial charge in [0.05, 0.1) is 0 Å². The normalized spacial score (nSPS) is 11.6. The number of nitrogens with zero attached hydrogens (tertiary/aromatic N) is 4. The van der Waals surface area contributed by atoms with Crippen molar-refractivity contribution in [1.82, 2.24) is 20.0 Å². The maximum Gasteiger partial charge on any atom is 0.182 e. The van der Waals surface area contributed by atoms with Gasteiger partial charge in [0.25, 0.3) is 0 Å². The van der Waals surface area contributed by atoms with Gasteiger partial charge in [-0.1, -0.05) is 96.2 Å². The topological polar surface area (TPSA) is 69.6 Å². The Morgan fingerprint density at radius 3 is 1.59 bits per heavy atom. The number of aromatic nitrogens is 4. The zero-order chi connectivity index (χ0) is 19.7. The van der Waals surface area contributed by atoms with Gasteiger partial charge in [-0.05, 0) is 28.8 Å². The number of anilines is 1. The van der Waals surface area contributed by atoms with Crippen molar-refractivity contribution in [3.05, 3.63) is 120 Å². The molecule has 0 aliphatic heterocycles. The lowest BCUT2D eigenvalue weighted by Crippen LogP contribution is -2.38. The molecule has 0 aliphatic carbocycles. The van der Waals surface area contributed by atoms with Crippen molar-refractivity contribution in [2.24, 2.45) is 0 Å². The Morgan fingerprint density at radius 2 is 1.10 bits per heavy atom. The van der Waals surface area contributed by atoms with E-state index in [0.29, 0.717) is 17.0 Å². The molecule has 3 aromatic carbocycles. The summed E-state index contributed by atoms with van der Waals surface area (Å²) >= 11 is 0. The number of hydrogen-bond donors (Lipinski definition) is 1. The van der Waals surface area contributed by atoms with E-state index in [2.05, 4.69) is 51.7 Å². The first-order chi connectivity index (χ1) is 14.3. The number of benzene rings is 3. The number of nitrogens with two attached hydrogens (primary N) is 1. The molecule has 0 saturated heterocycles. The fourth-order valence-electron chi connectivity index (χ4n) is 3.96. The molecule has 29 heavy (non-hydrogen) atoms. The van der Waals surface area contributed by atoms with Crippen LogP contribution < -0.4 is 5.73 Å². The lowest BCUT2D eigenvalue weighted by atomic mass is 9.77. The molecule has 0 unspecified atom stereocenters. The van der Waals surface area contributed by atoms with Crippen molar-refractivity contribution in [3.63, 3.8) is 0 Å². The van der Waals surface area contributed by atoms with Crippen LogP contribution in [-0.4, -0.2) is 20.0 Å². The van der Waals surface area contributed by atoms with Crippen molar-refractivity contribution in [2.45, 2.75) is 5.54 Å². The highest BCUT2D eigenvalue weighted by atomic mass is 15.5. The summed E-state index contributed by atoms with van der Waals surface area (Å²) in [5.74, 6) is 0.434. The minimum Gasteiger partial charge on any atom is -0.384 e. The molecule has 0 atom stereocenters. The molecule has 0 fully saturated rings. The predicted molar refractivity (Wildman–Crippen MR) is 114 cm³/mol. The van der Waals surface area contributed by atoms with Gasteiger partial charge in [0.15, 0.2) is 5.65 Å². The van der Waals surface area contributed by atoms with Crippen LogP contribution in [0.25, 0.3) is 11.2 Å². The zero-order valence-electron chi connectivity index (χ0n) is 15.7. The molecule has 5 aromatic rings. The van der Waals surface area contributed by atoms with Gasteiger partial charge in [0.2, 0.25) is 0 Å². The first-order valence-corrected chi connectivity index (χ1v) is 9.45. The summed E-state index contributed by atoms with van der Waals surface area (Å²) in [5.41, 5.74) is 9.81. The van der Waals surface area contributed by atoms with E-state index in [1.54, 1.807) is 6.07 Å². The van der Waals surface area contributed by atoms with E-state index in [1.165, 1.54) is 0 Å². The van der Waals surface area contributed by atoms with E-state index in [0.717, 1.165) is 16.7 Å². The first kappa shape index (κ1) is 17.1. The number of nitrogen functional groups attached to an aromatic ring is 1. The molecule has 2 aromatic heterocycles. The molecule has 0 saturated carbocycles. The second-order valence-electron chi connectivity index (χ2n) is 6.89. The van der Waals surface area contributed by atoms with Crippen molar-refractivity contribution in [3.8, 4) is 0 Å². The highest BCUT2D eigenvalue weighted by Crippen LogP contribution is 2.41. The summed E-state index contributed by atoms with van der Waals surface area (Å²) in [4.78, 5) is 4.59. The molecule has 5 nitrogen and oxygen atoms in total. The minimum atomic E-state index is -0.751. The highest BCUT2D eigenvalue weighted by Gasteiger charge is 2.41. The third-order valence-corrected chi connectivity index (χ3v) is 5.21. The Labute approximate surface area is 168 Å². The molecular weight excluding hydrogens is 358 g/mol. The number of rotatable bonds is 4. The first-order valence-electron chi connectivity index (χ1n) is 9.45. The third-order valence-electron chi connectivity index (χ3n) is 5.21. The fraction of sp³-hybridized carbons (Fsp3) is 0.0417. The van der Waals surface area contributed by atoms with E-state index in [9.17, 15) is 0 Å².